The van der Waals surface area contributed by atoms with Crippen molar-refractivity contribution in [3.63, 3.8) is 0 Å². The number of nitrogens with zero attached hydrogens (tertiary/aromatic N) is 3. The van der Waals surface area contributed by atoms with Crippen LogP contribution in [0.4, 0.5) is 5.69 Å². The van der Waals surface area contributed by atoms with E-state index in [0.717, 1.165) is 38.2 Å². The van der Waals surface area contributed by atoms with Crippen LogP contribution >= 0.6 is 10.7 Å². The summed E-state index contributed by atoms with van der Waals surface area (Å²) < 4.78 is 29.6. The molecule has 2 heterocycles. The van der Waals surface area contributed by atoms with E-state index in [0.29, 0.717) is 10.9 Å². The van der Waals surface area contributed by atoms with Crippen molar-refractivity contribution in [1.82, 2.24) is 9.78 Å². The molecule has 1 fully saturated rings. The maximum absolute atomic E-state index is 13.0. The summed E-state index contributed by atoms with van der Waals surface area (Å²) in [6.45, 7) is 0. The molecule has 152 valence electrons. The molecule has 0 saturated heterocycles. The predicted octanol–water partition coefficient (Wildman–Crippen LogP) is 4.20. The van der Waals surface area contributed by atoms with Gasteiger partial charge in [-0.25, -0.2) is 8.42 Å². The Morgan fingerprint density at radius 2 is 1.93 bits per heavy atom. The smallest absolute Gasteiger partial charge is 0.294 e. The van der Waals surface area contributed by atoms with E-state index >= 15 is 0 Å². The van der Waals surface area contributed by atoms with Crippen molar-refractivity contribution in [2.24, 2.45) is 0 Å². The molecule has 0 spiro atoms. The minimum atomic E-state index is -4.11. The molecule has 2 aromatic heterocycles. The third kappa shape index (κ3) is 3.65. The largest absolute Gasteiger partial charge is 0.440 e. The van der Waals surface area contributed by atoms with Crippen molar-refractivity contribution in [2.45, 2.75) is 43.2 Å². The number of furan rings is 1. The van der Waals surface area contributed by atoms with Crippen molar-refractivity contribution >= 4 is 42.1 Å². The number of hydrogen-bond acceptors (Lipinski definition) is 7. The maximum Gasteiger partial charge on any atom is 0.294 e. The van der Waals surface area contributed by atoms with Crippen molar-refractivity contribution in [2.75, 3.05) is 0 Å². The molecule has 9 nitrogen and oxygen atoms in total. The number of nitro benzene ring substituents is 1. The van der Waals surface area contributed by atoms with Gasteiger partial charge >= 0.3 is 0 Å². The van der Waals surface area contributed by atoms with E-state index in [4.69, 9.17) is 15.1 Å². The first kappa shape index (κ1) is 19.6. The highest BCUT2D eigenvalue weighted by atomic mass is 35.7. The van der Waals surface area contributed by atoms with Crippen LogP contribution in [-0.2, 0) is 9.05 Å². The standard InChI is InChI=1S/C18H16ClN3O6S/c19-29(26,27)16-9-8-15(28-16)18(23)17-13-7-6-12(22(24)25)10-14(13)21(20-17)11-4-2-1-3-5-11/h6-11H,1-5H2. The Bertz CT molecular complexity index is 1220. The predicted molar refractivity (Wildman–Crippen MR) is 104 cm³/mol. The van der Waals surface area contributed by atoms with Gasteiger partial charge < -0.3 is 4.42 Å². The van der Waals surface area contributed by atoms with E-state index in [9.17, 15) is 23.3 Å². The molecule has 0 amide bonds. The number of carbonyl (C=O) groups is 1. The Hall–Kier alpha value is -2.72. The zero-order valence-corrected chi connectivity index (χ0v) is 16.6. The number of fused-ring (bicyclic) bond motifs is 1. The molecular formula is C18H16ClN3O6S. The second-order valence-corrected chi connectivity index (χ2v) is 9.43. The summed E-state index contributed by atoms with van der Waals surface area (Å²) in [5.74, 6) is -0.845. The summed E-state index contributed by atoms with van der Waals surface area (Å²) in [7, 11) is 1.14. The first-order valence-electron chi connectivity index (χ1n) is 9.01. The van der Waals surface area contributed by atoms with Crippen LogP contribution < -0.4 is 0 Å². The molecule has 29 heavy (non-hydrogen) atoms. The van der Waals surface area contributed by atoms with Gasteiger partial charge in [0, 0.05) is 28.2 Å². The zero-order valence-electron chi connectivity index (χ0n) is 15.1. The third-order valence-corrected chi connectivity index (χ3v) is 6.24. The van der Waals surface area contributed by atoms with Crippen molar-refractivity contribution in [3.8, 4) is 0 Å². The van der Waals surface area contributed by atoms with Gasteiger partial charge in [0.2, 0.25) is 10.9 Å². The van der Waals surface area contributed by atoms with Gasteiger partial charge in [-0.2, -0.15) is 5.10 Å². The zero-order chi connectivity index (χ0) is 20.8. The molecule has 0 N–H and O–H groups in total. The fraction of sp³-hybridized carbons (Fsp3) is 0.333. The molecule has 0 radical (unpaired) electrons. The van der Waals surface area contributed by atoms with Gasteiger partial charge in [0.1, 0.15) is 5.69 Å². The van der Waals surface area contributed by atoms with Crippen LogP contribution in [0.5, 0.6) is 0 Å². The van der Waals surface area contributed by atoms with Gasteiger partial charge in [-0.1, -0.05) is 19.3 Å². The van der Waals surface area contributed by atoms with Crippen LogP contribution in [0.3, 0.4) is 0 Å². The summed E-state index contributed by atoms with van der Waals surface area (Å²) in [5, 5.41) is 15.6. The summed E-state index contributed by atoms with van der Waals surface area (Å²) in [4.78, 5) is 23.7. The number of non-ortho nitro benzene ring substituents is 1. The highest BCUT2D eigenvalue weighted by Crippen LogP contribution is 2.34. The molecule has 0 bridgehead atoms. The molecule has 0 unspecified atom stereocenters. The third-order valence-electron chi connectivity index (χ3n) is 5.08. The van der Waals surface area contributed by atoms with Gasteiger partial charge in [-0.05, 0) is 31.0 Å². The van der Waals surface area contributed by atoms with Crippen LogP contribution in [0.2, 0.25) is 0 Å². The summed E-state index contributed by atoms with van der Waals surface area (Å²) in [6.07, 6.45) is 4.87. The van der Waals surface area contributed by atoms with Crippen LogP contribution in [0, 0.1) is 10.1 Å². The lowest BCUT2D eigenvalue weighted by Crippen LogP contribution is -2.15. The molecule has 1 aliphatic rings. The molecular weight excluding hydrogens is 422 g/mol. The van der Waals surface area contributed by atoms with E-state index in [1.165, 1.54) is 24.3 Å². The topological polar surface area (TPSA) is 125 Å². The quantitative estimate of drug-likeness (QED) is 0.253. The summed E-state index contributed by atoms with van der Waals surface area (Å²) >= 11 is 0. The van der Waals surface area contributed by atoms with Crippen LogP contribution in [0.15, 0.2) is 39.8 Å². The number of carbonyl (C=O) groups excluding carboxylic acids is 1. The van der Waals surface area contributed by atoms with E-state index in [-0.39, 0.29) is 23.2 Å². The maximum atomic E-state index is 13.0. The number of aromatic nitrogens is 2. The molecule has 11 heteroatoms. The second-order valence-electron chi connectivity index (χ2n) is 6.93. The lowest BCUT2D eigenvalue weighted by Gasteiger charge is -2.22. The van der Waals surface area contributed by atoms with Gasteiger partial charge in [0.15, 0.2) is 5.76 Å². The molecule has 1 saturated carbocycles. The molecule has 1 aliphatic carbocycles. The second kappa shape index (κ2) is 7.27. The number of halogens is 1. The highest BCUT2D eigenvalue weighted by Gasteiger charge is 2.27. The Labute approximate surface area is 169 Å². The molecule has 0 atom stereocenters. The van der Waals surface area contributed by atoms with E-state index in [1.807, 2.05) is 0 Å². The Balaban J connectivity index is 1.84. The van der Waals surface area contributed by atoms with Crippen LogP contribution in [0.25, 0.3) is 10.9 Å². The lowest BCUT2D eigenvalue weighted by molar-refractivity contribution is -0.384. The Kier molecular flexibility index (Phi) is 4.91. The van der Waals surface area contributed by atoms with Gasteiger partial charge in [-0.15, -0.1) is 0 Å². The van der Waals surface area contributed by atoms with Crippen LogP contribution in [-0.4, -0.2) is 28.9 Å². The SMILES string of the molecule is O=C(c1ccc(S(=O)(=O)Cl)o1)c1nn(C2CCCCC2)c2cc([N+](=O)[O-])ccc12. The fourth-order valence-corrected chi connectivity index (χ4v) is 4.37. The normalized spacial score (nSPS) is 15.6. The van der Waals surface area contributed by atoms with Crippen molar-refractivity contribution in [3.05, 3.63) is 51.9 Å². The first-order valence-corrected chi connectivity index (χ1v) is 11.3. The molecule has 3 aromatic rings. The van der Waals surface area contributed by atoms with Crippen molar-refractivity contribution < 1.29 is 22.6 Å². The Morgan fingerprint density at radius 1 is 1.21 bits per heavy atom. The average Bonchev–Trinajstić information content (AvgIpc) is 3.33. The lowest BCUT2D eigenvalue weighted by atomic mass is 9.95. The van der Waals surface area contributed by atoms with Gasteiger partial charge in [0.25, 0.3) is 14.7 Å². The van der Waals surface area contributed by atoms with Crippen LogP contribution in [0.1, 0.15) is 54.4 Å². The minimum Gasteiger partial charge on any atom is -0.440 e. The Morgan fingerprint density at radius 3 is 2.55 bits per heavy atom. The number of benzene rings is 1. The van der Waals surface area contributed by atoms with E-state index < -0.39 is 24.8 Å². The summed E-state index contributed by atoms with van der Waals surface area (Å²) in [5.41, 5.74) is 0.446. The molecule has 4 rings (SSSR count). The number of hydrogen-bond donors (Lipinski definition) is 0. The highest BCUT2D eigenvalue weighted by molar-refractivity contribution is 8.13. The minimum absolute atomic E-state index is 0.0326. The number of ketones is 1. The monoisotopic (exact) mass is 437 g/mol. The average molecular weight is 438 g/mol. The van der Waals surface area contributed by atoms with Gasteiger partial charge in [-0.3, -0.25) is 19.6 Å². The number of nitro groups is 1. The molecule has 1 aromatic carbocycles. The van der Waals surface area contributed by atoms with E-state index in [1.54, 1.807) is 4.68 Å². The van der Waals surface area contributed by atoms with Gasteiger partial charge in [0.05, 0.1) is 16.5 Å². The number of rotatable bonds is 5. The molecule has 0 aliphatic heterocycles. The fourth-order valence-electron chi connectivity index (χ4n) is 3.70. The first-order chi connectivity index (χ1) is 13.8. The van der Waals surface area contributed by atoms with E-state index in [2.05, 4.69) is 5.10 Å². The van der Waals surface area contributed by atoms with Crippen molar-refractivity contribution in [1.29, 1.82) is 0 Å². The summed E-state index contributed by atoms with van der Waals surface area (Å²) in [6, 6.07) is 6.54.